The molecule has 8 aromatic heterocycles. The van der Waals surface area contributed by atoms with Crippen molar-refractivity contribution in [3.63, 3.8) is 0 Å². The number of para-hydroxylation sites is 4. The predicted octanol–water partition coefficient (Wildman–Crippen LogP) is 20.7. The van der Waals surface area contributed by atoms with Crippen molar-refractivity contribution < 1.29 is 46.6 Å². The molecule has 11 heterocycles. The summed E-state index contributed by atoms with van der Waals surface area (Å²) in [5, 5.41) is 6.79. The van der Waals surface area contributed by atoms with Crippen molar-refractivity contribution in [1.29, 1.82) is 0 Å². The lowest BCUT2D eigenvalue weighted by Crippen LogP contribution is -2.49. The number of likely N-dealkylation sites (tertiary alicyclic amines) is 3. The number of aromatic amines is 4. The Morgan fingerprint density at radius 2 is 0.726 bits per heavy atom. The van der Waals surface area contributed by atoms with Gasteiger partial charge in [-0.15, -0.1) is 0 Å². The lowest BCUT2D eigenvalue weighted by molar-refractivity contribution is -0.192. The van der Waals surface area contributed by atoms with E-state index in [4.69, 9.17) is 14.2 Å². The number of ether oxygens (including phenoxy) is 3. The third kappa shape index (κ3) is 22.1. The normalized spacial score (nSPS) is 17.1. The molecule has 0 radical (unpaired) electrons. The highest BCUT2D eigenvalue weighted by molar-refractivity contribution is 6.12. The van der Waals surface area contributed by atoms with Crippen molar-refractivity contribution >= 4 is 66.9 Å². The first-order chi connectivity index (χ1) is 64.5. The van der Waals surface area contributed by atoms with Crippen LogP contribution in [-0.2, 0) is 25.8 Å². The van der Waals surface area contributed by atoms with Gasteiger partial charge in [0.2, 0.25) is 0 Å². The van der Waals surface area contributed by atoms with Gasteiger partial charge in [-0.25, -0.2) is 0 Å². The van der Waals surface area contributed by atoms with Crippen LogP contribution in [-0.4, -0.2) is 163 Å². The summed E-state index contributed by atoms with van der Waals surface area (Å²) < 4.78 is 66.4. The minimum absolute atomic E-state index is 0.0202. The number of carbonyl (C=O) groups is 4. The Morgan fingerprint density at radius 3 is 1.07 bits per heavy atom. The number of rotatable bonds is 27. The summed E-state index contributed by atoms with van der Waals surface area (Å²) in [6.07, 6.45) is 9.09. The molecule has 4 aromatic carbocycles. The number of alkyl halides is 3. The van der Waals surface area contributed by atoms with E-state index in [0.29, 0.717) is 118 Å². The molecule has 4 aliphatic rings. The quantitative estimate of drug-likeness (QED) is 0.0300. The van der Waals surface area contributed by atoms with Crippen LogP contribution < -0.4 is 41.8 Å². The molecular weight excluding hydrogens is 1710 g/mol. The van der Waals surface area contributed by atoms with Crippen LogP contribution in [0.15, 0.2) is 141 Å². The summed E-state index contributed by atoms with van der Waals surface area (Å²) >= 11 is 0. The number of amides is 1. The van der Waals surface area contributed by atoms with Crippen LogP contribution in [0.2, 0.25) is 0 Å². The number of Topliss-reactive ketones (excluding diaryl/α,β-unsaturated/α-hetero) is 3. The number of fused-ring (bicyclic) bond motifs is 4. The molecule has 722 valence electrons. The first kappa shape index (κ1) is 101. The molecule has 135 heavy (non-hydrogen) atoms. The molecule has 2 unspecified atom stereocenters. The van der Waals surface area contributed by atoms with E-state index in [0.717, 1.165) is 133 Å². The Bertz CT molecular complexity index is 6530. The van der Waals surface area contributed by atoms with Crippen molar-refractivity contribution in [3.8, 4) is 17.2 Å². The number of aryl methyl sites for hydroxylation is 5. The molecular formula is C109H139F3N12O11. The predicted molar refractivity (Wildman–Crippen MR) is 533 cm³/mol. The van der Waals surface area contributed by atoms with Gasteiger partial charge in [0, 0.05) is 161 Å². The summed E-state index contributed by atoms with van der Waals surface area (Å²) in [4.78, 5) is 121. The highest BCUT2D eigenvalue weighted by Crippen LogP contribution is 2.45. The number of H-pyrrole nitrogens is 4. The maximum atomic E-state index is 13.7. The highest BCUT2D eigenvalue weighted by atomic mass is 19.4. The van der Waals surface area contributed by atoms with Gasteiger partial charge >= 0.3 is 6.18 Å². The lowest BCUT2D eigenvalue weighted by atomic mass is 9.84. The Labute approximate surface area is 790 Å². The standard InChI is InChI=1S/C28H34F3N3O3.C27H36N4O2.C27H35N3O3.C27H34N2O3/c1-16-14-24(37-5)21(27(36)32-16)10-11-23(35)26-18(3)34(22-9-7-6-8-20(22)26)17(2)19-12-13-33(4)25(15-19)28(29,30)31;1-6-30-13-11-21(12-14-30)19(4)31-20(5)25(22-9-7-8-10-24(22)31)27(33)28-16-23-17(2)15-18(3)29-26(23)32;1-17-16-25(33-5)22(27(32)28-17)10-11-24(31)26-19(3)30(23-9-7-6-8-21(23)26)18(2)20-12-14-29(4)15-13-20;1-17-16-25(32-4)22(27(31)28-17)14-15-24(30)26-19(3)29(23-13-9-8-12-21(23)26)18(2)20-10-6-5-7-11-20/h6-9,14,17,19,25H,10-13,15H2,1-5H3,(H,32,36);7-10,15,19,21H,6,11-14,16H2,1-5H3,(H,28,33)(H,29,32);6-9,16,18,20H,10-15H2,1-5H3,(H,28,32);8-9,12-13,16,18,20H,5-7,10-11,14-15H2,1-4H3,(H,28,31)/t17-,19-,25?;;2*18-/m1.11/s1. The molecule has 1 aliphatic carbocycles. The van der Waals surface area contributed by atoms with Gasteiger partial charge in [-0.05, 0) is 292 Å². The fourth-order valence-electron chi connectivity index (χ4n) is 22.4. The average Bonchev–Trinajstić information content (AvgIpc) is 1.62. The number of hydrogen-bond acceptors (Lipinski definition) is 14. The second-order valence-electron chi connectivity index (χ2n) is 38.4. The monoisotopic (exact) mass is 1850 g/mol. The highest BCUT2D eigenvalue weighted by Gasteiger charge is 2.47. The first-order valence-electron chi connectivity index (χ1n) is 48.4. The van der Waals surface area contributed by atoms with Crippen LogP contribution in [0, 0.1) is 86.0 Å². The van der Waals surface area contributed by atoms with E-state index in [-0.39, 0.29) is 96.1 Å². The fourth-order valence-corrected chi connectivity index (χ4v) is 22.4. The van der Waals surface area contributed by atoms with E-state index >= 15 is 0 Å². The third-order valence-electron chi connectivity index (χ3n) is 29.9. The molecule has 4 fully saturated rings. The van der Waals surface area contributed by atoms with Gasteiger partial charge in [-0.2, -0.15) is 13.2 Å². The zero-order valence-corrected chi connectivity index (χ0v) is 82.5. The van der Waals surface area contributed by atoms with Gasteiger partial charge in [0.25, 0.3) is 28.1 Å². The topological polar surface area (TPSA) is 269 Å². The van der Waals surface area contributed by atoms with Crippen LogP contribution in [0.4, 0.5) is 13.2 Å². The third-order valence-corrected chi connectivity index (χ3v) is 29.9. The molecule has 1 amide bonds. The molecule has 6 atom stereocenters. The summed E-state index contributed by atoms with van der Waals surface area (Å²) in [6, 6.07) is 38.8. The molecule has 3 aliphatic heterocycles. The van der Waals surface area contributed by atoms with Gasteiger partial charge in [0.05, 0.1) is 43.6 Å². The van der Waals surface area contributed by atoms with Gasteiger partial charge in [0.15, 0.2) is 17.3 Å². The second-order valence-corrected chi connectivity index (χ2v) is 38.4. The number of methoxy groups -OCH3 is 3. The minimum atomic E-state index is -4.28. The fraction of sp³-hybridized carbons (Fsp3) is 0.486. The van der Waals surface area contributed by atoms with Gasteiger partial charge in [0.1, 0.15) is 23.3 Å². The first-order valence-corrected chi connectivity index (χ1v) is 48.4. The maximum absolute atomic E-state index is 13.7. The average molecular weight is 1850 g/mol. The van der Waals surface area contributed by atoms with Crippen LogP contribution in [0.25, 0.3) is 43.6 Å². The molecule has 0 bridgehead atoms. The smallest absolute Gasteiger partial charge is 0.404 e. The van der Waals surface area contributed by atoms with Crippen LogP contribution in [0.3, 0.4) is 0 Å². The lowest BCUT2D eigenvalue weighted by Gasteiger charge is -2.40. The Hall–Kier alpha value is -11.6. The van der Waals surface area contributed by atoms with E-state index in [1.807, 2.05) is 131 Å². The number of carbonyl (C=O) groups excluding carboxylic acids is 4. The largest absolute Gasteiger partial charge is 0.496 e. The number of nitrogens with one attached hydrogen (secondary N) is 5. The number of benzene rings is 4. The van der Waals surface area contributed by atoms with Crippen LogP contribution in [0.5, 0.6) is 17.2 Å². The van der Waals surface area contributed by atoms with Gasteiger partial charge in [-0.1, -0.05) is 99.0 Å². The summed E-state index contributed by atoms with van der Waals surface area (Å²) in [6.45, 7) is 34.5. The molecule has 23 nitrogen and oxygen atoms in total. The minimum Gasteiger partial charge on any atom is -0.496 e. The van der Waals surface area contributed by atoms with E-state index in [1.54, 1.807) is 27.2 Å². The zero-order chi connectivity index (χ0) is 97.3. The Balaban J connectivity index is 0.000000153. The molecule has 0 spiro atoms. The number of pyridine rings is 4. The van der Waals surface area contributed by atoms with Crippen molar-refractivity contribution in [2.75, 3.05) is 74.7 Å². The number of halogens is 3. The number of nitrogens with zero attached hydrogens (tertiary/aromatic N) is 7. The Morgan fingerprint density at radius 1 is 0.415 bits per heavy atom. The SMILES string of the molecule is CCN1CCC(C(C)n2c(C)c(C(=O)NCc3c(C)cc(C)[nH]c3=O)c3ccccc32)CC1.COc1cc(C)[nH]c(=O)c1CCC(=O)c1c(C)n([C@H](C)C2CCCCC2)c2ccccc12.COc1cc(C)[nH]c(=O)c1CCC(=O)c1c(C)n([C@H](C)C2CCN(C)CC2)c2ccccc12.COc1cc(C)[nH]c(=O)c1CCC(=O)c1c(C)n([C@H](C)[C@@H]2CCN(C)C(C(F)(F)F)C2)c2ccccc12. The molecule has 3 saturated heterocycles. The van der Waals surface area contributed by atoms with Crippen LogP contribution >= 0.6 is 0 Å². The van der Waals surface area contributed by atoms with E-state index in [9.17, 15) is 51.5 Å². The Kier molecular flexibility index (Phi) is 32.9. The number of hydrogen-bond donors (Lipinski definition) is 5. The molecule has 26 heteroatoms. The molecule has 16 rings (SSSR count). The van der Waals surface area contributed by atoms with Gasteiger partial charge in [-0.3, -0.25) is 43.3 Å². The number of ketones is 3. The van der Waals surface area contributed by atoms with E-state index in [1.165, 1.54) is 76.8 Å². The summed E-state index contributed by atoms with van der Waals surface area (Å²) in [5.74, 6) is 3.09. The number of piperidine rings is 3. The summed E-state index contributed by atoms with van der Waals surface area (Å²) in [7, 11) is 8.32. The molecule has 5 N–H and O–H groups in total. The molecule has 12 aromatic rings. The number of aromatic nitrogens is 8. The molecule has 1 saturated carbocycles. The van der Waals surface area contributed by atoms with Crippen molar-refractivity contribution in [2.24, 2.45) is 23.7 Å². The zero-order valence-electron chi connectivity index (χ0n) is 82.5. The maximum Gasteiger partial charge on any atom is 0.404 e. The van der Waals surface area contributed by atoms with Gasteiger partial charge < -0.3 is 67.5 Å². The second kappa shape index (κ2) is 44.0. The van der Waals surface area contributed by atoms with Crippen molar-refractivity contribution in [3.05, 3.63) is 258 Å². The van der Waals surface area contributed by atoms with Crippen LogP contribution in [0.1, 0.15) is 263 Å². The summed E-state index contributed by atoms with van der Waals surface area (Å²) in [5.41, 5.74) is 16.0. The van der Waals surface area contributed by atoms with E-state index < -0.39 is 12.2 Å². The van der Waals surface area contributed by atoms with E-state index in [2.05, 4.69) is 135 Å². The van der Waals surface area contributed by atoms with Crippen molar-refractivity contribution in [1.82, 2.24) is 58.2 Å². The van der Waals surface area contributed by atoms with Crippen molar-refractivity contribution in [2.45, 2.75) is 249 Å².